The Morgan fingerprint density at radius 2 is 1.77 bits per heavy atom. The van der Waals surface area contributed by atoms with Crippen LogP contribution in [0.2, 0.25) is 0 Å². The van der Waals surface area contributed by atoms with Gasteiger partial charge in [0.1, 0.15) is 16.5 Å². The summed E-state index contributed by atoms with van der Waals surface area (Å²) >= 11 is 4.60. The second-order valence-electron chi connectivity index (χ2n) is 6.55. The van der Waals surface area contributed by atoms with Gasteiger partial charge < -0.3 is 9.84 Å². The molecule has 0 radical (unpaired) electrons. The van der Waals surface area contributed by atoms with E-state index in [-0.39, 0.29) is 11.3 Å². The Labute approximate surface area is 184 Å². The molecule has 0 saturated carbocycles. The lowest BCUT2D eigenvalue weighted by molar-refractivity contribution is -0.132. The number of methoxy groups -OCH3 is 1. The standard InChI is InChI=1S/C21H16BrN3O4S/c1-11-23-24-21(30-11)25-17(12-3-7-14(22)8-4-12)16(19(27)20(25)28)18(26)13-5-9-15(29-2)10-6-13/h3-10,17,26H,1-2H3/t17-/m1/s1. The first-order valence-electron chi connectivity index (χ1n) is 8.91. The number of nitrogens with zero attached hydrogens (tertiary/aromatic N) is 3. The molecule has 0 unspecified atom stereocenters. The lowest BCUT2D eigenvalue weighted by Gasteiger charge is -2.22. The number of ketones is 1. The number of halogens is 1. The zero-order valence-electron chi connectivity index (χ0n) is 16.0. The van der Waals surface area contributed by atoms with Gasteiger partial charge in [-0.1, -0.05) is 39.4 Å². The van der Waals surface area contributed by atoms with Gasteiger partial charge >= 0.3 is 5.91 Å². The third kappa shape index (κ3) is 3.50. The molecule has 9 heteroatoms. The molecule has 2 aromatic carbocycles. The molecule has 0 spiro atoms. The van der Waals surface area contributed by atoms with E-state index in [1.807, 2.05) is 12.1 Å². The lowest BCUT2D eigenvalue weighted by atomic mass is 9.95. The summed E-state index contributed by atoms with van der Waals surface area (Å²) in [7, 11) is 1.54. The highest BCUT2D eigenvalue weighted by Crippen LogP contribution is 2.43. The fourth-order valence-corrected chi connectivity index (χ4v) is 4.26. The molecule has 1 aromatic heterocycles. The average molecular weight is 486 g/mol. The van der Waals surface area contributed by atoms with Gasteiger partial charge in [0.05, 0.1) is 18.7 Å². The van der Waals surface area contributed by atoms with Gasteiger partial charge in [-0.15, -0.1) is 10.2 Å². The number of rotatable bonds is 4. The predicted octanol–water partition coefficient (Wildman–Crippen LogP) is 4.24. The number of carbonyl (C=O) groups excluding carboxylic acids is 2. The van der Waals surface area contributed by atoms with Crippen LogP contribution in [0.3, 0.4) is 0 Å². The molecule has 0 aliphatic carbocycles. The first-order valence-corrected chi connectivity index (χ1v) is 10.5. The zero-order chi connectivity index (χ0) is 21.4. The molecule has 1 fully saturated rings. The van der Waals surface area contributed by atoms with E-state index in [1.165, 1.54) is 23.3 Å². The highest BCUT2D eigenvalue weighted by atomic mass is 79.9. The summed E-state index contributed by atoms with van der Waals surface area (Å²) in [6.45, 7) is 1.77. The lowest BCUT2D eigenvalue weighted by Crippen LogP contribution is -2.29. The summed E-state index contributed by atoms with van der Waals surface area (Å²) in [5.74, 6) is -1.17. The van der Waals surface area contributed by atoms with E-state index in [0.29, 0.717) is 27.0 Å². The maximum atomic E-state index is 13.0. The van der Waals surface area contributed by atoms with Gasteiger partial charge in [-0.25, -0.2) is 0 Å². The van der Waals surface area contributed by atoms with Crippen molar-refractivity contribution in [3.05, 3.63) is 74.7 Å². The molecular weight excluding hydrogens is 470 g/mol. The van der Waals surface area contributed by atoms with E-state index in [1.54, 1.807) is 43.3 Å². The van der Waals surface area contributed by atoms with Crippen LogP contribution in [0.5, 0.6) is 5.75 Å². The number of hydrogen-bond acceptors (Lipinski definition) is 7. The summed E-state index contributed by atoms with van der Waals surface area (Å²) < 4.78 is 6.00. The largest absolute Gasteiger partial charge is 0.507 e. The normalized spacial score (nSPS) is 18.1. The highest BCUT2D eigenvalue weighted by Gasteiger charge is 2.48. The molecule has 4 rings (SSSR count). The molecule has 3 aromatic rings. The van der Waals surface area contributed by atoms with Crippen molar-refractivity contribution in [3.63, 3.8) is 0 Å². The van der Waals surface area contributed by atoms with Gasteiger partial charge in [0.15, 0.2) is 0 Å². The van der Waals surface area contributed by atoms with E-state index >= 15 is 0 Å². The van der Waals surface area contributed by atoms with Crippen molar-refractivity contribution in [2.24, 2.45) is 0 Å². The fourth-order valence-electron chi connectivity index (χ4n) is 3.28. The van der Waals surface area contributed by atoms with Crippen molar-refractivity contribution in [3.8, 4) is 5.75 Å². The number of hydrogen-bond donors (Lipinski definition) is 1. The third-order valence-corrected chi connectivity index (χ3v) is 6.08. The molecule has 152 valence electrons. The van der Waals surface area contributed by atoms with Crippen molar-refractivity contribution in [1.29, 1.82) is 0 Å². The van der Waals surface area contributed by atoms with Crippen molar-refractivity contribution in [2.75, 3.05) is 12.0 Å². The Balaban J connectivity index is 1.91. The SMILES string of the molecule is COc1ccc(C(O)=C2C(=O)C(=O)N(c3nnc(C)s3)[C@@H]2c2ccc(Br)cc2)cc1. The predicted molar refractivity (Wildman–Crippen MR) is 117 cm³/mol. The number of aromatic nitrogens is 2. The molecule has 1 amide bonds. The number of amides is 1. The van der Waals surface area contributed by atoms with Crippen LogP contribution in [0.1, 0.15) is 22.2 Å². The first kappa shape index (κ1) is 20.2. The van der Waals surface area contributed by atoms with Crippen LogP contribution in [0, 0.1) is 6.92 Å². The topological polar surface area (TPSA) is 92.6 Å². The van der Waals surface area contributed by atoms with Gasteiger partial charge in [0.2, 0.25) is 5.13 Å². The summed E-state index contributed by atoms with van der Waals surface area (Å²) in [6.07, 6.45) is 0. The second kappa shape index (κ2) is 8.00. The van der Waals surface area contributed by atoms with Crippen LogP contribution < -0.4 is 9.64 Å². The molecule has 1 N–H and O–H groups in total. The van der Waals surface area contributed by atoms with Gasteiger partial charge in [-0.3, -0.25) is 14.5 Å². The zero-order valence-corrected chi connectivity index (χ0v) is 18.4. The Bertz CT molecular complexity index is 1160. The van der Waals surface area contributed by atoms with Crippen molar-refractivity contribution >= 4 is 49.8 Å². The Morgan fingerprint density at radius 3 is 2.33 bits per heavy atom. The summed E-state index contributed by atoms with van der Waals surface area (Å²) in [5.41, 5.74) is 1.07. The maximum absolute atomic E-state index is 13.0. The van der Waals surface area contributed by atoms with Crippen LogP contribution in [-0.2, 0) is 9.59 Å². The Morgan fingerprint density at radius 1 is 1.10 bits per heavy atom. The number of aliphatic hydroxyl groups is 1. The second-order valence-corrected chi connectivity index (χ2v) is 8.63. The molecule has 1 atom stereocenters. The van der Waals surface area contributed by atoms with Crippen LogP contribution in [0.15, 0.2) is 58.6 Å². The molecule has 1 saturated heterocycles. The van der Waals surface area contributed by atoms with E-state index < -0.39 is 17.7 Å². The van der Waals surface area contributed by atoms with Crippen LogP contribution >= 0.6 is 27.3 Å². The average Bonchev–Trinajstić information content (AvgIpc) is 3.29. The fraction of sp³-hybridized carbons (Fsp3) is 0.143. The van der Waals surface area contributed by atoms with E-state index in [9.17, 15) is 14.7 Å². The van der Waals surface area contributed by atoms with E-state index in [4.69, 9.17) is 4.74 Å². The Hall–Kier alpha value is -3.04. The molecule has 7 nitrogen and oxygen atoms in total. The minimum Gasteiger partial charge on any atom is -0.507 e. The van der Waals surface area contributed by atoms with Crippen molar-refractivity contribution in [1.82, 2.24) is 10.2 Å². The number of aliphatic hydroxyl groups excluding tert-OH is 1. The number of Topliss-reactive ketones (excluding diaryl/α,β-unsaturated/α-hetero) is 1. The van der Waals surface area contributed by atoms with Gasteiger partial charge in [-0.2, -0.15) is 0 Å². The molecule has 30 heavy (non-hydrogen) atoms. The van der Waals surface area contributed by atoms with E-state index in [0.717, 1.165) is 4.47 Å². The monoisotopic (exact) mass is 485 g/mol. The first-order chi connectivity index (χ1) is 14.4. The number of benzene rings is 2. The minimum absolute atomic E-state index is 0.000317. The molecule has 0 bridgehead atoms. The highest BCUT2D eigenvalue weighted by molar-refractivity contribution is 9.10. The summed E-state index contributed by atoms with van der Waals surface area (Å²) in [5, 5.41) is 20.0. The van der Waals surface area contributed by atoms with Crippen molar-refractivity contribution < 1.29 is 19.4 Å². The van der Waals surface area contributed by atoms with Crippen LogP contribution in [0.4, 0.5) is 5.13 Å². The summed E-state index contributed by atoms with van der Waals surface area (Å²) in [6, 6.07) is 13.0. The number of aryl methyl sites for hydroxylation is 1. The van der Waals surface area contributed by atoms with Gasteiger partial charge in [-0.05, 0) is 48.9 Å². The van der Waals surface area contributed by atoms with Gasteiger partial charge in [0, 0.05) is 10.0 Å². The van der Waals surface area contributed by atoms with Crippen LogP contribution in [-0.4, -0.2) is 34.1 Å². The number of carbonyl (C=O) groups is 2. The third-order valence-electron chi connectivity index (χ3n) is 4.72. The number of ether oxygens (including phenoxy) is 1. The smallest absolute Gasteiger partial charge is 0.301 e. The van der Waals surface area contributed by atoms with Gasteiger partial charge in [0.25, 0.3) is 5.78 Å². The summed E-state index contributed by atoms with van der Waals surface area (Å²) in [4.78, 5) is 27.2. The quantitative estimate of drug-likeness (QED) is 0.337. The molecule has 2 heterocycles. The maximum Gasteiger partial charge on any atom is 0.301 e. The number of anilines is 1. The minimum atomic E-state index is -0.826. The Kier molecular flexibility index (Phi) is 5.40. The molecule has 1 aliphatic rings. The van der Waals surface area contributed by atoms with Crippen molar-refractivity contribution in [2.45, 2.75) is 13.0 Å². The molecular formula is C21H16BrN3O4S. The van der Waals surface area contributed by atoms with E-state index in [2.05, 4.69) is 26.1 Å². The van der Waals surface area contributed by atoms with Crippen LogP contribution in [0.25, 0.3) is 5.76 Å². The molecule has 1 aliphatic heterocycles.